The Balaban J connectivity index is 1.86. The van der Waals surface area contributed by atoms with Crippen molar-refractivity contribution in [2.24, 2.45) is 10.9 Å². The van der Waals surface area contributed by atoms with Crippen LogP contribution in [-0.4, -0.2) is 75.4 Å². The molecule has 3 atom stereocenters. The molecule has 0 unspecified atom stereocenters. The fourth-order valence-electron chi connectivity index (χ4n) is 4.00. The molecule has 4 N–H and O–H groups in total. The number of likely N-dealkylation sites (N-methyl/N-ethyl adjacent to an activating group) is 1. The van der Waals surface area contributed by atoms with Gasteiger partial charge in [-0.1, -0.05) is 5.16 Å². The standard InChI is InChI=1S/C18H30N6O3/c1-12(14-6-4-8-23(14)3)27-17-20-13(16(19)22-26)10-15(21-17)24-9-5-7-18(2,25)11-24/h10,12,14,25-26H,4-9,11H2,1-3H3,(H2,19,22)/t12-,14-,18+/m0/s1. The highest BCUT2D eigenvalue weighted by atomic mass is 16.5. The molecule has 0 aliphatic carbocycles. The van der Waals surface area contributed by atoms with E-state index in [2.05, 4.69) is 27.1 Å². The van der Waals surface area contributed by atoms with E-state index in [1.165, 1.54) is 0 Å². The summed E-state index contributed by atoms with van der Waals surface area (Å²) < 4.78 is 6.04. The molecule has 0 bridgehead atoms. The van der Waals surface area contributed by atoms with Gasteiger partial charge >= 0.3 is 6.01 Å². The van der Waals surface area contributed by atoms with Crippen LogP contribution in [0.2, 0.25) is 0 Å². The summed E-state index contributed by atoms with van der Waals surface area (Å²) in [4.78, 5) is 13.1. The van der Waals surface area contributed by atoms with Gasteiger partial charge in [-0.25, -0.2) is 0 Å². The van der Waals surface area contributed by atoms with E-state index in [-0.39, 0.29) is 18.0 Å². The second-order valence-electron chi connectivity index (χ2n) is 7.91. The Hall–Kier alpha value is -2.13. The van der Waals surface area contributed by atoms with Crippen molar-refractivity contribution >= 4 is 11.7 Å². The normalized spacial score (nSPS) is 28.4. The lowest BCUT2D eigenvalue weighted by Gasteiger charge is -2.37. The minimum atomic E-state index is -0.777. The van der Waals surface area contributed by atoms with Crippen molar-refractivity contribution in [1.29, 1.82) is 0 Å². The molecule has 3 rings (SSSR count). The molecule has 1 aromatic heterocycles. The molecule has 0 radical (unpaired) electrons. The van der Waals surface area contributed by atoms with Crippen LogP contribution < -0.4 is 15.4 Å². The number of ether oxygens (including phenoxy) is 1. The van der Waals surface area contributed by atoms with Gasteiger partial charge in [-0.3, -0.25) is 4.90 Å². The van der Waals surface area contributed by atoms with Crippen LogP contribution in [0.4, 0.5) is 5.82 Å². The summed E-state index contributed by atoms with van der Waals surface area (Å²) in [6.07, 6.45) is 3.73. The van der Waals surface area contributed by atoms with Crippen LogP contribution in [0.1, 0.15) is 45.2 Å². The van der Waals surface area contributed by atoms with E-state index in [9.17, 15) is 5.11 Å². The first-order chi connectivity index (χ1) is 12.8. The van der Waals surface area contributed by atoms with Crippen LogP contribution in [-0.2, 0) is 0 Å². The molecule has 2 aliphatic heterocycles. The molecule has 0 aromatic carbocycles. The second-order valence-corrected chi connectivity index (χ2v) is 7.91. The van der Waals surface area contributed by atoms with Gasteiger partial charge in [0.15, 0.2) is 5.84 Å². The number of β-amino-alcohol motifs (C(OH)–C–C–N with tert-alkyl or cyclic N) is 1. The summed E-state index contributed by atoms with van der Waals surface area (Å²) in [5.74, 6) is 0.506. The van der Waals surface area contributed by atoms with Crippen molar-refractivity contribution in [2.45, 2.75) is 57.3 Å². The topological polar surface area (TPSA) is 120 Å². The second kappa shape index (κ2) is 7.85. The average molecular weight is 378 g/mol. The molecule has 0 saturated carbocycles. The highest BCUT2D eigenvalue weighted by molar-refractivity contribution is 5.95. The number of hydrogen-bond donors (Lipinski definition) is 3. The monoisotopic (exact) mass is 378 g/mol. The third-order valence-electron chi connectivity index (χ3n) is 5.47. The number of amidine groups is 1. The van der Waals surface area contributed by atoms with Crippen molar-refractivity contribution in [3.63, 3.8) is 0 Å². The summed E-state index contributed by atoms with van der Waals surface area (Å²) >= 11 is 0. The van der Waals surface area contributed by atoms with Crippen LogP contribution in [0.15, 0.2) is 11.2 Å². The van der Waals surface area contributed by atoms with Gasteiger partial charge in [0, 0.05) is 25.2 Å². The molecular weight excluding hydrogens is 348 g/mol. The van der Waals surface area contributed by atoms with Crippen LogP contribution in [0, 0.1) is 0 Å². The third kappa shape index (κ3) is 4.59. The molecule has 9 nitrogen and oxygen atoms in total. The van der Waals surface area contributed by atoms with E-state index < -0.39 is 5.60 Å². The number of aromatic nitrogens is 2. The summed E-state index contributed by atoms with van der Waals surface area (Å²) in [6.45, 7) is 6.11. The van der Waals surface area contributed by atoms with Gasteiger partial charge in [0.2, 0.25) is 0 Å². The molecule has 2 saturated heterocycles. The Morgan fingerprint density at radius 1 is 1.41 bits per heavy atom. The van der Waals surface area contributed by atoms with Gasteiger partial charge in [-0.15, -0.1) is 0 Å². The van der Waals surface area contributed by atoms with Gasteiger partial charge in [0.25, 0.3) is 0 Å². The van der Waals surface area contributed by atoms with Crippen LogP contribution in [0.5, 0.6) is 6.01 Å². The minimum Gasteiger partial charge on any atom is -0.459 e. The number of oxime groups is 1. The zero-order valence-electron chi connectivity index (χ0n) is 16.3. The number of anilines is 1. The van der Waals surface area contributed by atoms with Crippen molar-refractivity contribution in [2.75, 3.05) is 31.6 Å². The number of aliphatic hydroxyl groups is 1. The molecule has 0 amide bonds. The molecule has 0 spiro atoms. The Morgan fingerprint density at radius 3 is 2.81 bits per heavy atom. The smallest absolute Gasteiger partial charge is 0.319 e. The van der Waals surface area contributed by atoms with Crippen LogP contribution in [0.3, 0.4) is 0 Å². The minimum absolute atomic E-state index is 0.0858. The lowest BCUT2D eigenvalue weighted by Crippen LogP contribution is -2.46. The molecule has 2 aliphatic rings. The SMILES string of the molecule is C[C@H](Oc1nc(/C(N)=N/O)cc(N2CCC[C@@](C)(O)C2)n1)[C@@H]1CCCN1C. The largest absolute Gasteiger partial charge is 0.459 e. The van der Waals surface area contributed by atoms with Gasteiger partial charge in [-0.2, -0.15) is 9.97 Å². The summed E-state index contributed by atoms with van der Waals surface area (Å²) in [7, 11) is 2.09. The number of piperidine rings is 1. The quantitative estimate of drug-likeness (QED) is 0.298. The van der Waals surface area contributed by atoms with Crippen LogP contribution in [0.25, 0.3) is 0 Å². The Morgan fingerprint density at radius 2 is 2.19 bits per heavy atom. The molecule has 27 heavy (non-hydrogen) atoms. The predicted octanol–water partition coefficient (Wildman–Crippen LogP) is 0.784. The molecule has 3 heterocycles. The maximum atomic E-state index is 10.4. The molecular formula is C18H30N6O3. The number of nitrogens with two attached hydrogens (primary N) is 1. The first-order valence-corrected chi connectivity index (χ1v) is 9.50. The first-order valence-electron chi connectivity index (χ1n) is 9.50. The van der Waals surface area contributed by atoms with E-state index in [1.54, 1.807) is 6.07 Å². The molecule has 150 valence electrons. The fraction of sp³-hybridized carbons (Fsp3) is 0.722. The highest BCUT2D eigenvalue weighted by Crippen LogP contribution is 2.27. The number of rotatable bonds is 5. The van der Waals surface area contributed by atoms with Gasteiger partial charge in [0.05, 0.1) is 5.60 Å². The Kier molecular flexibility index (Phi) is 5.71. The van der Waals surface area contributed by atoms with E-state index in [1.807, 2.05) is 18.7 Å². The number of nitrogens with zero attached hydrogens (tertiary/aromatic N) is 5. The average Bonchev–Trinajstić information content (AvgIpc) is 3.06. The van der Waals surface area contributed by atoms with Crippen molar-refractivity contribution in [3.05, 3.63) is 11.8 Å². The molecule has 2 fully saturated rings. The van der Waals surface area contributed by atoms with Gasteiger partial charge < -0.3 is 25.7 Å². The Bertz CT molecular complexity index is 696. The third-order valence-corrected chi connectivity index (χ3v) is 5.47. The lowest BCUT2D eigenvalue weighted by atomic mass is 9.95. The van der Waals surface area contributed by atoms with Crippen LogP contribution >= 0.6 is 0 Å². The number of likely N-dealkylation sites (tertiary alicyclic amines) is 1. The predicted molar refractivity (Wildman–Crippen MR) is 102 cm³/mol. The van der Waals surface area contributed by atoms with Gasteiger partial charge in [-0.05, 0) is 53.1 Å². The fourth-order valence-corrected chi connectivity index (χ4v) is 4.00. The maximum Gasteiger partial charge on any atom is 0.319 e. The summed E-state index contributed by atoms with van der Waals surface area (Å²) in [5.41, 5.74) is 5.29. The van der Waals surface area contributed by atoms with E-state index in [0.717, 1.165) is 38.8 Å². The highest BCUT2D eigenvalue weighted by Gasteiger charge is 2.31. The molecule has 1 aromatic rings. The van der Waals surface area contributed by atoms with Crippen molar-refractivity contribution in [3.8, 4) is 6.01 Å². The van der Waals surface area contributed by atoms with Crippen molar-refractivity contribution < 1.29 is 15.1 Å². The lowest BCUT2D eigenvalue weighted by molar-refractivity contribution is 0.0445. The summed E-state index contributed by atoms with van der Waals surface area (Å²) in [6, 6.07) is 2.17. The van der Waals surface area contributed by atoms with E-state index in [0.29, 0.717) is 24.1 Å². The zero-order valence-corrected chi connectivity index (χ0v) is 16.3. The molecule has 9 heteroatoms. The van der Waals surface area contributed by atoms with Gasteiger partial charge in [0.1, 0.15) is 17.6 Å². The first kappa shape index (κ1) is 19.6. The van der Waals surface area contributed by atoms with E-state index >= 15 is 0 Å². The number of hydrogen-bond acceptors (Lipinski definition) is 8. The Labute approximate surface area is 159 Å². The zero-order chi connectivity index (χ0) is 19.6. The maximum absolute atomic E-state index is 10.4. The summed E-state index contributed by atoms with van der Waals surface area (Å²) in [5, 5.41) is 22.5. The van der Waals surface area contributed by atoms with E-state index in [4.69, 9.17) is 15.7 Å². The van der Waals surface area contributed by atoms with Crippen molar-refractivity contribution in [1.82, 2.24) is 14.9 Å².